The van der Waals surface area contributed by atoms with Crippen LogP contribution >= 0.6 is 15.9 Å². The van der Waals surface area contributed by atoms with Crippen molar-refractivity contribution in [3.63, 3.8) is 0 Å². The summed E-state index contributed by atoms with van der Waals surface area (Å²) in [5, 5.41) is 4.03. The van der Waals surface area contributed by atoms with E-state index < -0.39 is 18.0 Å². The first kappa shape index (κ1) is 30.1. The predicted octanol–water partition coefficient (Wildman–Crippen LogP) is 6.18. The molecule has 4 rings (SSSR count). The van der Waals surface area contributed by atoms with Gasteiger partial charge >= 0.3 is 5.97 Å². The maximum atomic E-state index is 12.8. The number of rotatable bonds is 12. The van der Waals surface area contributed by atoms with Crippen LogP contribution in [0.25, 0.3) is 0 Å². The van der Waals surface area contributed by atoms with Crippen LogP contribution in [0.4, 0.5) is 0 Å². The van der Waals surface area contributed by atoms with Crippen LogP contribution in [0, 0.1) is 0 Å². The molecule has 0 radical (unpaired) electrons. The summed E-state index contributed by atoms with van der Waals surface area (Å²) in [4.78, 5) is 25.4. The number of amides is 1. The van der Waals surface area contributed by atoms with Crippen molar-refractivity contribution in [2.45, 2.75) is 19.6 Å². The van der Waals surface area contributed by atoms with Crippen LogP contribution in [0.3, 0.4) is 0 Å². The fraction of sp³-hybridized carbons (Fsp3) is 0.156. The molecular formula is C32H29BrN2O7. The minimum absolute atomic E-state index is 0.245. The third-order valence-electron chi connectivity index (χ3n) is 5.93. The number of methoxy groups -OCH3 is 2. The van der Waals surface area contributed by atoms with Crippen molar-refractivity contribution in [1.29, 1.82) is 0 Å². The van der Waals surface area contributed by atoms with Crippen molar-refractivity contribution in [3.8, 4) is 28.7 Å². The third kappa shape index (κ3) is 8.34. The molecule has 0 bridgehead atoms. The highest BCUT2D eigenvalue weighted by Crippen LogP contribution is 2.29. The zero-order chi connectivity index (χ0) is 29.9. The molecule has 4 aromatic carbocycles. The molecule has 0 fully saturated rings. The van der Waals surface area contributed by atoms with Crippen molar-refractivity contribution in [3.05, 3.63) is 112 Å². The lowest BCUT2D eigenvalue weighted by molar-refractivity contribution is -0.127. The summed E-state index contributed by atoms with van der Waals surface area (Å²) in [6.07, 6.45) is 0.550. The molecule has 0 aliphatic carbocycles. The standard InChI is InChI=1S/C32H29BrN2O7/c1-21(41-27-13-11-26(12-14-27)40-20-22-7-5-4-6-8-22)31(36)35-34-19-24-17-25(33)10-16-28(24)42-32(37)23-9-15-29(38-2)30(18-23)39-3/h4-19,21H,20H2,1-3H3,(H,35,36)/b34-19-/t21-/m0/s1. The van der Waals surface area contributed by atoms with E-state index in [1.807, 2.05) is 30.3 Å². The molecule has 1 amide bonds. The van der Waals surface area contributed by atoms with Crippen molar-refractivity contribution in [2.75, 3.05) is 14.2 Å². The summed E-state index contributed by atoms with van der Waals surface area (Å²) < 4.78 is 28.3. The Kier molecular flexibility index (Phi) is 10.5. The van der Waals surface area contributed by atoms with E-state index in [1.165, 1.54) is 26.5 Å². The molecule has 216 valence electrons. The zero-order valence-corrected chi connectivity index (χ0v) is 24.8. The fourth-order valence-corrected chi connectivity index (χ4v) is 4.08. The molecule has 0 saturated heterocycles. The van der Waals surface area contributed by atoms with E-state index in [1.54, 1.807) is 61.5 Å². The fourth-order valence-electron chi connectivity index (χ4n) is 3.70. The molecule has 0 aliphatic heterocycles. The molecular weight excluding hydrogens is 604 g/mol. The Hall–Kier alpha value is -4.83. The van der Waals surface area contributed by atoms with Gasteiger partial charge in [0.2, 0.25) is 0 Å². The summed E-state index contributed by atoms with van der Waals surface area (Å²) in [5.74, 6) is 1.26. The Morgan fingerprint density at radius 3 is 2.26 bits per heavy atom. The maximum absolute atomic E-state index is 12.8. The largest absolute Gasteiger partial charge is 0.493 e. The van der Waals surface area contributed by atoms with Crippen molar-refractivity contribution in [1.82, 2.24) is 5.43 Å². The second-order valence-corrected chi connectivity index (χ2v) is 9.80. The van der Waals surface area contributed by atoms with E-state index in [2.05, 4.69) is 26.5 Å². The van der Waals surface area contributed by atoms with Crippen LogP contribution in [0.15, 0.2) is 101 Å². The van der Waals surface area contributed by atoms with Gasteiger partial charge in [0.15, 0.2) is 17.6 Å². The first-order valence-corrected chi connectivity index (χ1v) is 13.7. The lowest BCUT2D eigenvalue weighted by atomic mass is 10.2. The molecule has 0 saturated carbocycles. The maximum Gasteiger partial charge on any atom is 0.343 e. The number of hydrazone groups is 1. The van der Waals surface area contributed by atoms with Crippen LogP contribution in [0.2, 0.25) is 0 Å². The van der Waals surface area contributed by atoms with Gasteiger partial charge in [-0.05, 0) is 73.2 Å². The summed E-state index contributed by atoms with van der Waals surface area (Å²) >= 11 is 3.40. The Balaban J connectivity index is 1.33. The second-order valence-electron chi connectivity index (χ2n) is 8.88. The zero-order valence-electron chi connectivity index (χ0n) is 23.2. The van der Waals surface area contributed by atoms with Gasteiger partial charge in [-0.3, -0.25) is 4.79 Å². The summed E-state index contributed by atoms with van der Waals surface area (Å²) in [5.41, 5.74) is 4.25. The smallest absolute Gasteiger partial charge is 0.343 e. The van der Waals surface area contributed by atoms with Crippen LogP contribution in [0.1, 0.15) is 28.4 Å². The van der Waals surface area contributed by atoms with E-state index in [-0.39, 0.29) is 11.3 Å². The number of carbonyl (C=O) groups is 2. The first-order chi connectivity index (χ1) is 20.4. The van der Waals surface area contributed by atoms with E-state index in [0.29, 0.717) is 35.2 Å². The molecule has 42 heavy (non-hydrogen) atoms. The van der Waals surface area contributed by atoms with Gasteiger partial charge in [-0.15, -0.1) is 0 Å². The van der Waals surface area contributed by atoms with Crippen LogP contribution in [-0.2, 0) is 11.4 Å². The molecule has 9 nitrogen and oxygen atoms in total. The average molecular weight is 633 g/mol. The summed E-state index contributed by atoms with van der Waals surface area (Å²) in [6.45, 7) is 2.06. The van der Waals surface area contributed by atoms with Gasteiger partial charge in [0.1, 0.15) is 23.9 Å². The average Bonchev–Trinajstić information content (AvgIpc) is 3.01. The summed E-state index contributed by atoms with van der Waals surface area (Å²) in [7, 11) is 2.99. The van der Waals surface area contributed by atoms with Gasteiger partial charge in [0, 0.05) is 10.0 Å². The molecule has 0 aliphatic rings. The number of hydrogen-bond acceptors (Lipinski definition) is 8. The second kappa shape index (κ2) is 14.7. The van der Waals surface area contributed by atoms with E-state index in [0.717, 1.165) is 10.0 Å². The van der Waals surface area contributed by atoms with Crippen molar-refractivity contribution in [2.24, 2.45) is 5.10 Å². The molecule has 10 heteroatoms. The topological polar surface area (TPSA) is 105 Å². The minimum Gasteiger partial charge on any atom is -0.493 e. The molecule has 0 heterocycles. The molecule has 0 spiro atoms. The van der Waals surface area contributed by atoms with Gasteiger partial charge in [0.05, 0.1) is 26.0 Å². The number of ether oxygens (including phenoxy) is 5. The predicted molar refractivity (Wildman–Crippen MR) is 162 cm³/mol. The number of hydrogen-bond donors (Lipinski definition) is 1. The van der Waals surface area contributed by atoms with E-state index in [4.69, 9.17) is 23.7 Å². The molecule has 0 aromatic heterocycles. The number of nitrogens with one attached hydrogen (secondary N) is 1. The molecule has 1 N–H and O–H groups in total. The number of nitrogens with zero attached hydrogens (tertiary/aromatic N) is 1. The third-order valence-corrected chi connectivity index (χ3v) is 6.42. The summed E-state index contributed by atoms with van der Waals surface area (Å²) in [6, 6.07) is 26.6. The Bertz CT molecular complexity index is 1540. The highest BCUT2D eigenvalue weighted by atomic mass is 79.9. The Morgan fingerprint density at radius 2 is 1.55 bits per heavy atom. The van der Waals surface area contributed by atoms with Crippen molar-refractivity contribution >= 4 is 34.0 Å². The van der Waals surface area contributed by atoms with Crippen LogP contribution < -0.4 is 29.1 Å². The van der Waals surface area contributed by atoms with Gasteiger partial charge in [0.25, 0.3) is 5.91 Å². The van der Waals surface area contributed by atoms with Gasteiger partial charge in [-0.25, -0.2) is 10.2 Å². The lowest BCUT2D eigenvalue weighted by Crippen LogP contribution is -2.33. The highest BCUT2D eigenvalue weighted by molar-refractivity contribution is 9.10. The first-order valence-electron chi connectivity index (χ1n) is 12.9. The number of carbonyl (C=O) groups excluding carboxylic acids is 2. The normalized spacial score (nSPS) is 11.4. The van der Waals surface area contributed by atoms with Crippen LogP contribution in [0.5, 0.6) is 28.7 Å². The van der Waals surface area contributed by atoms with Gasteiger partial charge < -0.3 is 23.7 Å². The monoisotopic (exact) mass is 632 g/mol. The highest BCUT2D eigenvalue weighted by Gasteiger charge is 2.16. The van der Waals surface area contributed by atoms with Gasteiger partial charge in [-0.2, -0.15) is 5.10 Å². The number of benzene rings is 4. The van der Waals surface area contributed by atoms with E-state index in [9.17, 15) is 9.59 Å². The minimum atomic E-state index is -0.830. The lowest BCUT2D eigenvalue weighted by Gasteiger charge is -2.14. The number of esters is 1. The Morgan fingerprint density at radius 1 is 0.857 bits per heavy atom. The van der Waals surface area contributed by atoms with Crippen molar-refractivity contribution < 1.29 is 33.3 Å². The molecule has 4 aromatic rings. The van der Waals surface area contributed by atoms with Gasteiger partial charge in [-0.1, -0.05) is 46.3 Å². The van der Waals surface area contributed by atoms with Crippen LogP contribution in [-0.4, -0.2) is 38.4 Å². The van der Waals surface area contributed by atoms with E-state index >= 15 is 0 Å². The quantitative estimate of drug-likeness (QED) is 0.0860. The number of halogens is 1. The molecule has 1 atom stereocenters. The Labute approximate surface area is 252 Å². The molecule has 0 unspecified atom stereocenters. The SMILES string of the molecule is COc1ccc(C(=O)Oc2ccc(Br)cc2/C=N\NC(=O)[C@H](C)Oc2ccc(OCc3ccccc3)cc2)cc1OC.